The zero-order valence-corrected chi connectivity index (χ0v) is 9.28. The number of amides is 1. The van der Waals surface area contributed by atoms with Crippen LogP contribution in [0.1, 0.15) is 24.8 Å². The van der Waals surface area contributed by atoms with Gasteiger partial charge in [0.25, 0.3) is 0 Å². The number of rotatable bonds is 6. The summed E-state index contributed by atoms with van der Waals surface area (Å²) in [5, 5.41) is 2.85. The Morgan fingerprint density at radius 2 is 2.38 bits per heavy atom. The third-order valence-electron chi connectivity index (χ3n) is 2.16. The number of nitrogens with one attached hydrogen (secondary N) is 1. The monoisotopic (exact) mass is 216 g/mol. The highest BCUT2D eigenvalue weighted by atomic mass is 16.1. The molecule has 0 saturated carbocycles. The predicted octanol–water partition coefficient (Wildman–Crippen LogP) is 1.54. The van der Waals surface area contributed by atoms with Crippen LogP contribution in [0.2, 0.25) is 0 Å². The molecule has 3 nitrogen and oxygen atoms in total. The average molecular weight is 216 g/mol. The summed E-state index contributed by atoms with van der Waals surface area (Å²) in [6.07, 6.45) is 11.6. The molecule has 0 radical (unpaired) electrons. The predicted molar refractivity (Wildman–Crippen MR) is 63.6 cm³/mol. The number of carbonyl (C=O) groups is 1. The maximum Gasteiger partial charge on any atom is 0.224 e. The normalized spacial score (nSPS) is 9.44. The highest BCUT2D eigenvalue weighted by molar-refractivity contribution is 5.78. The van der Waals surface area contributed by atoms with Crippen LogP contribution in [-0.2, 0) is 11.2 Å². The van der Waals surface area contributed by atoms with Gasteiger partial charge in [0.1, 0.15) is 0 Å². The van der Waals surface area contributed by atoms with Crippen LogP contribution in [-0.4, -0.2) is 17.4 Å². The molecule has 0 fully saturated rings. The molecule has 1 aromatic heterocycles. The summed E-state index contributed by atoms with van der Waals surface area (Å²) in [6.45, 7) is 0.695. The Hall–Kier alpha value is -1.82. The number of pyridine rings is 1. The van der Waals surface area contributed by atoms with Gasteiger partial charge in [0, 0.05) is 25.4 Å². The van der Waals surface area contributed by atoms with E-state index < -0.39 is 0 Å². The zero-order chi connectivity index (χ0) is 11.6. The molecule has 0 unspecified atom stereocenters. The molecule has 1 aromatic rings. The molecule has 1 N–H and O–H groups in total. The molecule has 0 bridgehead atoms. The summed E-state index contributed by atoms with van der Waals surface area (Å²) in [6, 6.07) is 3.72. The minimum Gasteiger partial charge on any atom is -0.356 e. The van der Waals surface area contributed by atoms with Gasteiger partial charge in [0.15, 0.2) is 0 Å². The van der Waals surface area contributed by atoms with Crippen LogP contribution in [0.4, 0.5) is 0 Å². The number of unbranched alkanes of at least 4 members (excludes halogenated alkanes) is 2. The lowest BCUT2D eigenvalue weighted by Gasteiger charge is -2.03. The van der Waals surface area contributed by atoms with Crippen molar-refractivity contribution in [3.8, 4) is 12.3 Å². The van der Waals surface area contributed by atoms with Gasteiger partial charge >= 0.3 is 0 Å². The van der Waals surface area contributed by atoms with Crippen molar-refractivity contribution in [3.05, 3.63) is 30.1 Å². The molecule has 16 heavy (non-hydrogen) atoms. The lowest BCUT2D eigenvalue weighted by Crippen LogP contribution is -2.26. The van der Waals surface area contributed by atoms with Crippen LogP contribution < -0.4 is 5.32 Å². The Morgan fingerprint density at radius 3 is 3.06 bits per heavy atom. The standard InChI is InChI=1S/C13H16N2O/c1-2-3-4-5-9-15-13(16)10-12-7-6-8-14-11-12/h1,6-8,11H,3-5,9-10H2,(H,15,16). The maximum atomic E-state index is 11.5. The largest absolute Gasteiger partial charge is 0.356 e. The van der Waals surface area contributed by atoms with Crippen molar-refractivity contribution < 1.29 is 4.79 Å². The Balaban J connectivity index is 2.15. The summed E-state index contributed by atoms with van der Waals surface area (Å²) in [7, 11) is 0. The van der Waals surface area contributed by atoms with Crippen LogP contribution in [0.25, 0.3) is 0 Å². The highest BCUT2D eigenvalue weighted by Crippen LogP contribution is 1.97. The third-order valence-corrected chi connectivity index (χ3v) is 2.16. The van der Waals surface area contributed by atoms with Gasteiger partial charge in [0.05, 0.1) is 6.42 Å². The molecule has 0 spiro atoms. The summed E-state index contributed by atoms with van der Waals surface area (Å²) in [5.41, 5.74) is 0.934. The highest BCUT2D eigenvalue weighted by Gasteiger charge is 2.01. The van der Waals surface area contributed by atoms with Crippen LogP contribution in [0.15, 0.2) is 24.5 Å². The van der Waals surface area contributed by atoms with Crippen molar-refractivity contribution in [2.45, 2.75) is 25.7 Å². The smallest absolute Gasteiger partial charge is 0.224 e. The van der Waals surface area contributed by atoms with Crippen LogP contribution >= 0.6 is 0 Å². The van der Waals surface area contributed by atoms with Crippen molar-refractivity contribution in [1.82, 2.24) is 10.3 Å². The molecule has 0 saturated heterocycles. The summed E-state index contributed by atoms with van der Waals surface area (Å²) >= 11 is 0. The van der Waals surface area contributed by atoms with Gasteiger partial charge in [-0.1, -0.05) is 6.07 Å². The fraction of sp³-hybridized carbons (Fsp3) is 0.385. The van der Waals surface area contributed by atoms with Gasteiger partial charge < -0.3 is 5.32 Å². The van der Waals surface area contributed by atoms with Crippen LogP contribution in [0.3, 0.4) is 0 Å². The van der Waals surface area contributed by atoms with Crippen molar-refractivity contribution in [2.75, 3.05) is 6.54 Å². The van der Waals surface area contributed by atoms with E-state index >= 15 is 0 Å². The first-order valence-electron chi connectivity index (χ1n) is 5.42. The number of hydrogen-bond donors (Lipinski definition) is 1. The van der Waals surface area contributed by atoms with Gasteiger partial charge in [-0.25, -0.2) is 0 Å². The minimum atomic E-state index is 0.0358. The molecule has 84 valence electrons. The van der Waals surface area contributed by atoms with E-state index in [0.29, 0.717) is 13.0 Å². The van der Waals surface area contributed by atoms with E-state index in [1.165, 1.54) is 0 Å². The van der Waals surface area contributed by atoms with E-state index in [4.69, 9.17) is 6.42 Å². The fourth-order valence-corrected chi connectivity index (χ4v) is 1.33. The average Bonchev–Trinajstić information content (AvgIpc) is 2.30. The van der Waals surface area contributed by atoms with Crippen LogP contribution in [0.5, 0.6) is 0 Å². The molecule has 0 atom stereocenters. The van der Waals surface area contributed by atoms with E-state index in [1.54, 1.807) is 12.4 Å². The molecule has 1 amide bonds. The topological polar surface area (TPSA) is 42.0 Å². The second-order valence-corrected chi connectivity index (χ2v) is 3.55. The number of terminal acetylenes is 1. The molecular weight excluding hydrogens is 200 g/mol. The molecule has 0 aromatic carbocycles. The van der Waals surface area contributed by atoms with E-state index in [0.717, 1.165) is 24.8 Å². The van der Waals surface area contributed by atoms with E-state index in [-0.39, 0.29) is 5.91 Å². The molecule has 3 heteroatoms. The molecule has 0 aliphatic carbocycles. The lowest BCUT2D eigenvalue weighted by molar-refractivity contribution is -0.120. The molecule has 1 heterocycles. The SMILES string of the molecule is C#CCCCCNC(=O)Cc1cccnc1. The van der Waals surface area contributed by atoms with Crippen molar-refractivity contribution in [1.29, 1.82) is 0 Å². The number of aromatic nitrogens is 1. The van der Waals surface area contributed by atoms with E-state index in [2.05, 4.69) is 16.2 Å². The van der Waals surface area contributed by atoms with Crippen molar-refractivity contribution in [3.63, 3.8) is 0 Å². The lowest BCUT2D eigenvalue weighted by atomic mass is 10.2. The summed E-state index contributed by atoms with van der Waals surface area (Å²) < 4.78 is 0. The summed E-state index contributed by atoms with van der Waals surface area (Å²) in [5.74, 6) is 2.61. The quantitative estimate of drug-likeness (QED) is 0.579. The Bertz CT molecular complexity index is 354. The van der Waals surface area contributed by atoms with E-state index in [9.17, 15) is 4.79 Å². The first-order valence-corrected chi connectivity index (χ1v) is 5.42. The number of nitrogens with zero attached hydrogens (tertiary/aromatic N) is 1. The minimum absolute atomic E-state index is 0.0358. The van der Waals surface area contributed by atoms with Gasteiger partial charge in [-0.05, 0) is 24.5 Å². The first-order chi connectivity index (χ1) is 7.83. The van der Waals surface area contributed by atoms with E-state index in [1.807, 2.05) is 12.1 Å². The fourth-order valence-electron chi connectivity index (χ4n) is 1.33. The molecule has 0 aliphatic rings. The van der Waals surface area contributed by atoms with Gasteiger partial charge in [-0.2, -0.15) is 0 Å². The second kappa shape index (κ2) is 7.47. The van der Waals surface area contributed by atoms with Crippen molar-refractivity contribution in [2.24, 2.45) is 0 Å². The number of carbonyl (C=O) groups excluding carboxylic acids is 1. The van der Waals surface area contributed by atoms with Crippen LogP contribution in [0, 0.1) is 12.3 Å². The number of hydrogen-bond acceptors (Lipinski definition) is 2. The zero-order valence-electron chi connectivity index (χ0n) is 9.28. The van der Waals surface area contributed by atoms with Gasteiger partial charge in [-0.3, -0.25) is 9.78 Å². The maximum absolute atomic E-state index is 11.5. The molecule has 1 rings (SSSR count). The van der Waals surface area contributed by atoms with Gasteiger partial charge in [-0.15, -0.1) is 12.3 Å². The second-order valence-electron chi connectivity index (χ2n) is 3.55. The Morgan fingerprint density at radius 1 is 1.50 bits per heavy atom. The molecule has 0 aliphatic heterocycles. The van der Waals surface area contributed by atoms with Crippen molar-refractivity contribution >= 4 is 5.91 Å². The first kappa shape index (κ1) is 12.3. The summed E-state index contributed by atoms with van der Waals surface area (Å²) in [4.78, 5) is 15.4. The molecular formula is C13H16N2O. The van der Waals surface area contributed by atoms with Gasteiger partial charge in [0.2, 0.25) is 5.91 Å². The Kier molecular flexibility index (Phi) is 5.72. The third kappa shape index (κ3) is 5.16. The Labute approximate surface area is 96.3 Å².